The van der Waals surface area contributed by atoms with Crippen molar-refractivity contribution in [2.75, 3.05) is 13.7 Å². The third-order valence-corrected chi connectivity index (χ3v) is 6.49. The summed E-state index contributed by atoms with van der Waals surface area (Å²) in [5, 5.41) is 4.51. The van der Waals surface area contributed by atoms with Crippen molar-refractivity contribution in [2.24, 2.45) is 10.9 Å². The second kappa shape index (κ2) is 9.74. The molecule has 1 heterocycles. The number of rotatable bonds is 7. The molecular formula is C25H31ClN2O2. The Bertz CT molecular complexity index is 875. The Hall–Kier alpha value is -2.20. The van der Waals surface area contributed by atoms with Gasteiger partial charge < -0.3 is 14.8 Å². The van der Waals surface area contributed by atoms with E-state index in [0.717, 1.165) is 40.3 Å². The molecule has 2 aromatic carbocycles. The Labute approximate surface area is 184 Å². The Morgan fingerprint density at radius 2 is 1.83 bits per heavy atom. The molecule has 1 fully saturated rings. The molecule has 1 aliphatic heterocycles. The summed E-state index contributed by atoms with van der Waals surface area (Å²) in [6.07, 6.45) is 7.87. The topological polar surface area (TPSA) is 42.9 Å². The smallest absolute Gasteiger partial charge is 0.133 e. The van der Waals surface area contributed by atoms with Gasteiger partial charge in [0.2, 0.25) is 0 Å². The molecule has 1 aliphatic carbocycles. The molecule has 2 unspecified atom stereocenters. The van der Waals surface area contributed by atoms with E-state index in [2.05, 4.69) is 17.4 Å². The molecule has 160 valence electrons. The number of hydrogen-bond donors (Lipinski definition) is 1. The van der Waals surface area contributed by atoms with Crippen LogP contribution in [0.15, 0.2) is 47.5 Å². The highest BCUT2D eigenvalue weighted by Gasteiger charge is 2.33. The van der Waals surface area contributed by atoms with Crippen LogP contribution in [0.2, 0.25) is 5.02 Å². The second-order valence-corrected chi connectivity index (χ2v) is 8.70. The van der Waals surface area contributed by atoms with Crippen LogP contribution in [0.5, 0.6) is 11.5 Å². The summed E-state index contributed by atoms with van der Waals surface area (Å²) >= 11 is 6.14. The third-order valence-electron chi connectivity index (χ3n) is 6.24. The van der Waals surface area contributed by atoms with Crippen LogP contribution >= 0.6 is 11.6 Å². The standard InChI is InChI=1S/C25H31ClN2O2/c1-3-30-23-16-20(29-2)13-14-21(23)25-27-22(15-17-7-5-4-6-8-17)24(28-25)18-9-11-19(26)12-10-18/h9-14,16-17,22,24H,3-8,15H2,1-2H3,(H,27,28). The first kappa shape index (κ1) is 21.0. The summed E-state index contributed by atoms with van der Waals surface area (Å²) in [5.74, 6) is 3.26. The van der Waals surface area contributed by atoms with Crippen molar-refractivity contribution in [1.82, 2.24) is 5.32 Å². The number of aliphatic imine (C=N–C) groups is 1. The summed E-state index contributed by atoms with van der Waals surface area (Å²) in [6.45, 7) is 2.59. The molecule has 2 atom stereocenters. The molecule has 0 spiro atoms. The zero-order valence-electron chi connectivity index (χ0n) is 17.9. The van der Waals surface area contributed by atoms with E-state index in [1.54, 1.807) is 7.11 Å². The molecule has 1 N–H and O–H groups in total. The Balaban J connectivity index is 1.64. The molecule has 0 radical (unpaired) electrons. The lowest BCUT2D eigenvalue weighted by molar-refractivity contribution is 0.300. The number of amidine groups is 1. The van der Waals surface area contributed by atoms with Crippen LogP contribution in [0, 0.1) is 5.92 Å². The maximum absolute atomic E-state index is 6.14. The fraction of sp³-hybridized carbons (Fsp3) is 0.480. The largest absolute Gasteiger partial charge is 0.497 e. The molecule has 30 heavy (non-hydrogen) atoms. The van der Waals surface area contributed by atoms with Gasteiger partial charge in [0.05, 0.1) is 31.4 Å². The SMILES string of the molecule is CCOc1cc(OC)ccc1C1=NC(c2ccc(Cl)cc2)C(CC2CCCCC2)N1. The maximum atomic E-state index is 6.14. The summed E-state index contributed by atoms with van der Waals surface area (Å²) in [5.41, 5.74) is 2.19. The van der Waals surface area contributed by atoms with Gasteiger partial charge >= 0.3 is 0 Å². The molecule has 2 aliphatic rings. The van der Waals surface area contributed by atoms with Crippen LogP contribution < -0.4 is 14.8 Å². The number of nitrogens with zero attached hydrogens (tertiary/aromatic N) is 1. The minimum atomic E-state index is 0.0794. The van der Waals surface area contributed by atoms with E-state index in [-0.39, 0.29) is 12.1 Å². The van der Waals surface area contributed by atoms with E-state index in [4.69, 9.17) is 26.1 Å². The first-order valence-corrected chi connectivity index (χ1v) is 11.5. The van der Waals surface area contributed by atoms with Crippen molar-refractivity contribution in [3.63, 3.8) is 0 Å². The second-order valence-electron chi connectivity index (χ2n) is 8.26. The average molecular weight is 427 g/mol. The third kappa shape index (κ3) is 4.75. The van der Waals surface area contributed by atoms with Crippen molar-refractivity contribution >= 4 is 17.4 Å². The van der Waals surface area contributed by atoms with Crippen LogP contribution in [0.3, 0.4) is 0 Å². The molecular weight excluding hydrogens is 396 g/mol. The highest BCUT2D eigenvalue weighted by molar-refractivity contribution is 6.30. The van der Waals surface area contributed by atoms with E-state index in [9.17, 15) is 0 Å². The zero-order valence-corrected chi connectivity index (χ0v) is 18.6. The summed E-state index contributed by atoms with van der Waals surface area (Å²) in [4.78, 5) is 5.15. The number of nitrogens with one attached hydrogen (secondary N) is 1. The lowest BCUT2D eigenvalue weighted by atomic mass is 9.82. The number of halogens is 1. The molecule has 4 nitrogen and oxygen atoms in total. The lowest BCUT2D eigenvalue weighted by Crippen LogP contribution is -2.34. The van der Waals surface area contributed by atoms with Gasteiger partial charge in [-0.3, -0.25) is 4.99 Å². The highest BCUT2D eigenvalue weighted by atomic mass is 35.5. The van der Waals surface area contributed by atoms with E-state index in [1.165, 1.54) is 37.7 Å². The number of ether oxygens (including phenoxy) is 2. The monoisotopic (exact) mass is 426 g/mol. The summed E-state index contributed by atoms with van der Waals surface area (Å²) < 4.78 is 11.3. The average Bonchev–Trinajstić information content (AvgIpc) is 3.18. The van der Waals surface area contributed by atoms with Crippen molar-refractivity contribution in [2.45, 2.75) is 57.5 Å². The predicted molar refractivity (Wildman–Crippen MR) is 123 cm³/mol. The predicted octanol–water partition coefficient (Wildman–Crippen LogP) is 6.18. The first-order valence-electron chi connectivity index (χ1n) is 11.1. The fourth-order valence-corrected chi connectivity index (χ4v) is 4.83. The van der Waals surface area contributed by atoms with Crippen molar-refractivity contribution in [3.8, 4) is 11.5 Å². The van der Waals surface area contributed by atoms with E-state index in [0.29, 0.717) is 6.61 Å². The first-order chi connectivity index (χ1) is 14.7. The van der Waals surface area contributed by atoms with Gasteiger partial charge in [-0.25, -0.2) is 0 Å². The molecule has 0 bridgehead atoms. The lowest BCUT2D eigenvalue weighted by Gasteiger charge is -2.27. The van der Waals surface area contributed by atoms with E-state index in [1.807, 2.05) is 37.3 Å². The van der Waals surface area contributed by atoms with Gasteiger partial charge in [0.25, 0.3) is 0 Å². The van der Waals surface area contributed by atoms with Gasteiger partial charge in [-0.15, -0.1) is 0 Å². The maximum Gasteiger partial charge on any atom is 0.133 e. The fourth-order valence-electron chi connectivity index (χ4n) is 4.70. The zero-order chi connectivity index (χ0) is 20.9. The van der Waals surface area contributed by atoms with Gasteiger partial charge in [0.15, 0.2) is 0 Å². The van der Waals surface area contributed by atoms with Gasteiger partial charge in [0, 0.05) is 11.1 Å². The minimum Gasteiger partial charge on any atom is -0.497 e. The molecule has 0 amide bonds. The van der Waals surface area contributed by atoms with Crippen LogP contribution in [0.4, 0.5) is 0 Å². The van der Waals surface area contributed by atoms with Crippen molar-refractivity contribution in [1.29, 1.82) is 0 Å². The van der Waals surface area contributed by atoms with Crippen molar-refractivity contribution in [3.05, 3.63) is 58.6 Å². The molecule has 2 aromatic rings. The van der Waals surface area contributed by atoms with Gasteiger partial charge in [-0.2, -0.15) is 0 Å². The Morgan fingerprint density at radius 1 is 1.07 bits per heavy atom. The Morgan fingerprint density at radius 3 is 2.53 bits per heavy atom. The molecule has 0 saturated heterocycles. The molecule has 5 heteroatoms. The Kier molecular flexibility index (Phi) is 6.83. The van der Waals surface area contributed by atoms with Crippen molar-refractivity contribution < 1.29 is 9.47 Å². The number of methoxy groups -OCH3 is 1. The summed E-state index contributed by atoms with van der Waals surface area (Å²) in [7, 11) is 1.67. The molecule has 0 aromatic heterocycles. The quantitative estimate of drug-likeness (QED) is 0.575. The van der Waals surface area contributed by atoms with Gasteiger partial charge in [-0.05, 0) is 49.1 Å². The normalized spacial score (nSPS) is 21.8. The van der Waals surface area contributed by atoms with Gasteiger partial charge in [0.1, 0.15) is 17.3 Å². The van der Waals surface area contributed by atoms with Crippen LogP contribution in [-0.2, 0) is 0 Å². The van der Waals surface area contributed by atoms with Crippen LogP contribution in [0.25, 0.3) is 0 Å². The highest BCUT2D eigenvalue weighted by Crippen LogP contribution is 2.37. The van der Waals surface area contributed by atoms with E-state index < -0.39 is 0 Å². The molecule has 4 rings (SSSR count). The van der Waals surface area contributed by atoms with Crippen LogP contribution in [0.1, 0.15) is 62.6 Å². The van der Waals surface area contributed by atoms with Gasteiger partial charge in [-0.1, -0.05) is 55.8 Å². The minimum absolute atomic E-state index is 0.0794. The molecule has 1 saturated carbocycles. The number of hydrogen-bond acceptors (Lipinski definition) is 4. The van der Waals surface area contributed by atoms with Crippen LogP contribution in [-0.4, -0.2) is 25.6 Å². The summed E-state index contributed by atoms with van der Waals surface area (Å²) in [6, 6.07) is 14.4. The van der Waals surface area contributed by atoms with E-state index >= 15 is 0 Å². The number of benzene rings is 2.